The molecule has 66 valence electrons. The lowest BCUT2D eigenvalue weighted by Crippen LogP contribution is -2.36. The zero-order valence-corrected chi connectivity index (χ0v) is 7.91. The molecular weight excluding hydrogens is 186 g/mol. The molecule has 0 spiro atoms. The van der Waals surface area contributed by atoms with Crippen LogP contribution in [0.15, 0.2) is 0 Å². The van der Waals surface area contributed by atoms with Gasteiger partial charge in [0.2, 0.25) is 0 Å². The van der Waals surface area contributed by atoms with Gasteiger partial charge < -0.3 is 5.11 Å². The molecule has 0 radical (unpaired) electrons. The molecule has 11 heavy (non-hydrogen) atoms. The van der Waals surface area contributed by atoms with E-state index in [2.05, 4.69) is 5.32 Å². The van der Waals surface area contributed by atoms with E-state index in [1.54, 1.807) is 11.8 Å². The Morgan fingerprint density at radius 3 is 2.82 bits per heavy atom. The Bertz CT molecular complexity index is 123. The summed E-state index contributed by atoms with van der Waals surface area (Å²) < 4.78 is 0. The second-order valence-corrected chi connectivity index (χ2v) is 3.26. The summed E-state index contributed by atoms with van der Waals surface area (Å²) in [7, 11) is 0. The predicted octanol–water partition coefficient (Wildman–Crippen LogP) is 0.979. The highest BCUT2D eigenvalue weighted by atomic mass is 35.5. The van der Waals surface area contributed by atoms with E-state index in [9.17, 15) is 4.79 Å². The van der Waals surface area contributed by atoms with Gasteiger partial charge in [0.1, 0.15) is 6.04 Å². The monoisotopic (exact) mass is 197 g/mol. The summed E-state index contributed by atoms with van der Waals surface area (Å²) in [5.74, 6) is 0.000571. The first-order chi connectivity index (χ1) is 5.22. The molecule has 0 aliphatic rings. The number of aliphatic carboxylic acids is 1. The van der Waals surface area contributed by atoms with E-state index >= 15 is 0 Å². The molecule has 0 aromatic rings. The molecule has 0 fully saturated rings. The van der Waals surface area contributed by atoms with E-state index in [0.29, 0.717) is 6.42 Å². The molecule has 0 saturated carbocycles. The molecule has 0 rings (SSSR count). The van der Waals surface area contributed by atoms with Crippen molar-refractivity contribution in [2.24, 2.45) is 0 Å². The first-order valence-corrected chi connectivity index (χ1v) is 5.16. The van der Waals surface area contributed by atoms with Crippen molar-refractivity contribution >= 4 is 29.3 Å². The van der Waals surface area contributed by atoms with Gasteiger partial charge in [0, 0.05) is 0 Å². The zero-order chi connectivity index (χ0) is 8.69. The van der Waals surface area contributed by atoms with Crippen molar-refractivity contribution in [2.45, 2.75) is 12.5 Å². The fraction of sp³-hybridized carbons (Fsp3) is 0.833. The van der Waals surface area contributed by atoms with Gasteiger partial charge in [0.15, 0.2) is 0 Å². The predicted molar refractivity (Wildman–Crippen MR) is 48.3 cm³/mol. The third kappa shape index (κ3) is 5.35. The minimum Gasteiger partial charge on any atom is -0.480 e. The van der Waals surface area contributed by atoms with Crippen molar-refractivity contribution in [1.29, 1.82) is 0 Å². The molecule has 1 atom stereocenters. The number of halogens is 1. The number of hydrogen-bond donors (Lipinski definition) is 2. The minimum absolute atomic E-state index is 0.186. The van der Waals surface area contributed by atoms with Crippen molar-refractivity contribution in [2.75, 3.05) is 18.0 Å². The first-order valence-electron chi connectivity index (χ1n) is 3.23. The summed E-state index contributed by atoms with van der Waals surface area (Å²) in [4.78, 5) is 10.5. The van der Waals surface area contributed by atoms with Gasteiger partial charge in [-0.05, 0) is 18.4 Å². The van der Waals surface area contributed by atoms with Crippen LogP contribution in [0.4, 0.5) is 0 Å². The lowest BCUT2D eigenvalue weighted by molar-refractivity contribution is -0.139. The van der Waals surface area contributed by atoms with Crippen LogP contribution in [0.5, 0.6) is 0 Å². The number of carboxylic acids is 1. The zero-order valence-electron chi connectivity index (χ0n) is 6.34. The maximum absolute atomic E-state index is 10.5. The van der Waals surface area contributed by atoms with Crippen molar-refractivity contribution < 1.29 is 9.90 Å². The van der Waals surface area contributed by atoms with Gasteiger partial charge in [-0.25, -0.2) is 0 Å². The van der Waals surface area contributed by atoms with Crippen molar-refractivity contribution in [1.82, 2.24) is 5.32 Å². The van der Waals surface area contributed by atoms with Gasteiger partial charge in [0.25, 0.3) is 0 Å². The summed E-state index contributed by atoms with van der Waals surface area (Å²) in [5.41, 5.74) is 0. The van der Waals surface area contributed by atoms with E-state index in [4.69, 9.17) is 16.7 Å². The average molecular weight is 198 g/mol. The van der Waals surface area contributed by atoms with Crippen LogP contribution in [0.3, 0.4) is 0 Å². The van der Waals surface area contributed by atoms with E-state index in [-0.39, 0.29) is 6.00 Å². The van der Waals surface area contributed by atoms with Gasteiger partial charge in [-0.2, -0.15) is 11.8 Å². The minimum atomic E-state index is -0.834. The number of thioether (sulfide) groups is 1. The molecule has 0 heterocycles. The third-order valence-electron chi connectivity index (χ3n) is 1.23. The standard InChI is InChI=1S/C6H12ClNO2S/c1-11-3-2-5(6(9)10)8-4-7/h5,8H,2-4H2,1H3,(H,9,10). The molecule has 5 heteroatoms. The van der Waals surface area contributed by atoms with E-state index in [1.807, 2.05) is 6.26 Å². The second-order valence-electron chi connectivity index (χ2n) is 2.01. The molecule has 0 aromatic carbocycles. The van der Waals surface area contributed by atoms with Crippen LogP contribution in [0.2, 0.25) is 0 Å². The van der Waals surface area contributed by atoms with E-state index in [0.717, 1.165) is 5.75 Å². The van der Waals surface area contributed by atoms with Gasteiger partial charge in [-0.1, -0.05) is 0 Å². The summed E-state index contributed by atoms with van der Waals surface area (Å²) in [5, 5.41) is 11.3. The summed E-state index contributed by atoms with van der Waals surface area (Å²) >= 11 is 6.96. The van der Waals surface area contributed by atoms with Gasteiger partial charge >= 0.3 is 5.97 Å². The maximum atomic E-state index is 10.5. The Morgan fingerprint density at radius 2 is 2.45 bits per heavy atom. The Kier molecular flexibility index (Phi) is 6.80. The summed E-state index contributed by atoms with van der Waals surface area (Å²) in [6.07, 6.45) is 2.56. The van der Waals surface area contributed by atoms with Gasteiger partial charge in [-0.3, -0.25) is 10.1 Å². The number of alkyl halides is 1. The first kappa shape index (κ1) is 11.1. The normalized spacial score (nSPS) is 12.9. The van der Waals surface area contributed by atoms with Crippen LogP contribution in [0.25, 0.3) is 0 Å². The third-order valence-corrected chi connectivity index (χ3v) is 2.03. The van der Waals surface area contributed by atoms with Gasteiger partial charge in [0.05, 0.1) is 6.00 Å². The fourth-order valence-electron chi connectivity index (χ4n) is 0.642. The van der Waals surface area contributed by atoms with Crippen molar-refractivity contribution in [3.05, 3.63) is 0 Å². The molecular formula is C6H12ClNO2S. The molecule has 0 bridgehead atoms. The van der Waals surface area contributed by atoms with Crippen LogP contribution >= 0.6 is 23.4 Å². The fourth-order valence-corrected chi connectivity index (χ4v) is 1.30. The Labute approximate surface area is 75.5 Å². The van der Waals surface area contributed by atoms with Crippen LogP contribution in [-0.4, -0.2) is 35.1 Å². The van der Waals surface area contributed by atoms with Crippen LogP contribution in [0, 0.1) is 0 Å². The average Bonchev–Trinajstić information content (AvgIpc) is 1.97. The van der Waals surface area contributed by atoms with Crippen molar-refractivity contribution in [3.63, 3.8) is 0 Å². The quantitative estimate of drug-likeness (QED) is 0.493. The lowest BCUT2D eigenvalue weighted by atomic mass is 10.2. The van der Waals surface area contributed by atoms with E-state index < -0.39 is 12.0 Å². The molecule has 3 nitrogen and oxygen atoms in total. The molecule has 2 N–H and O–H groups in total. The number of rotatable bonds is 6. The largest absolute Gasteiger partial charge is 0.480 e. The van der Waals surface area contributed by atoms with E-state index in [1.165, 1.54) is 0 Å². The highest BCUT2D eigenvalue weighted by Gasteiger charge is 2.14. The Hall–Kier alpha value is 0.0700. The van der Waals surface area contributed by atoms with Crippen LogP contribution in [-0.2, 0) is 4.79 Å². The van der Waals surface area contributed by atoms with Crippen LogP contribution in [0.1, 0.15) is 6.42 Å². The highest BCUT2D eigenvalue weighted by Crippen LogP contribution is 2.00. The van der Waals surface area contributed by atoms with Crippen molar-refractivity contribution in [3.8, 4) is 0 Å². The SMILES string of the molecule is CSCCC(NCCl)C(=O)O. The smallest absolute Gasteiger partial charge is 0.320 e. The molecule has 1 unspecified atom stereocenters. The number of carboxylic acid groups (broad SMARTS) is 1. The summed E-state index contributed by atoms with van der Waals surface area (Å²) in [6, 6.07) is -0.314. The number of hydrogen-bond acceptors (Lipinski definition) is 3. The molecule has 0 saturated heterocycles. The highest BCUT2D eigenvalue weighted by molar-refractivity contribution is 7.98. The topological polar surface area (TPSA) is 49.3 Å². The van der Waals surface area contributed by atoms with Crippen LogP contribution < -0.4 is 5.32 Å². The lowest BCUT2D eigenvalue weighted by Gasteiger charge is -2.10. The maximum Gasteiger partial charge on any atom is 0.320 e. The molecule has 0 amide bonds. The molecule has 0 aliphatic heterocycles. The number of nitrogens with one attached hydrogen (secondary N) is 1. The molecule has 0 aromatic heterocycles. The van der Waals surface area contributed by atoms with Gasteiger partial charge in [-0.15, -0.1) is 11.6 Å². The number of carbonyl (C=O) groups is 1. The Balaban J connectivity index is 3.60. The molecule has 0 aliphatic carbocycles. The second kappa shape index (κ2) is 6.76. The summed E-state index contributed by atoms with van der Waals surface area (Å²) in [6.45, 7) is 0. The Morgan fingerprint density at radius 1 is 1.82 bits per heavy atom.